The normalized spacial score (nSPS) is 12.0. The summed E-state index contributed by atoms with van der Waals surface area (Å²) in [5.74, 6) is 0.832. The van der Waals surface area contributed by atoms with Gasteiger partial charge in [0.25, 0.3) is 0 Å². The molecule has 2 aromatic carbocycles. The van der Waals surface area contributed by atoms with E-state index < -0.39 is 8.32 Å². The maximum atomic E-state index is 6.22. The summed E-state index contributed by atoms with van der Waals surface area (Å²) >= 11 is 0. The van der Waals surface area contributed by atoms with Crippen molar-refractivity contribution in [2.75, 3.05) is 0 Å². The number of rotatable bonds is 5. The zero-order valence-corrected chi connectivity index (χ0v) is 15.8. The van der Waals surface area contributed by atoms with Crippen LogP contribution in [0.3, 0.4) is 0 Å². The van der Waals surface area contributed by atoms with E-state index in [1.807, 2.05) is 60.8 Å². The lowest BCUT2D eigenvalue weighted by Crippen LogP contribution is -2.29. The number of pyridine rings is 1. The molecule has 0 aliphatic heterocycles. The van der Waals surface area contributed by atoms with E-state index in [0.29, 0.717) is 0 Å². The fourth-order valence-electron chi connectivity index (χ4n) is 2.48. The average Bonchev–Trinajstić information content (AvgIpc) is 2.61. The van der Waals surface area contributed by atoms with Crippen molar-refractivity contribution in [3.63, 3.8) is 0 Å². The van der Waals surface area contributed by atoms with Crippen LogP contribution in [0.1, 0.15) is 11.1 Å². The SMILES string of the molecule is C[Si](C)(C)Oc1ccccc1N=C(c1ccccc1)c1cccnc1. The third kappa shape index (κ3) is 4.64. The molecular weight excluding hydrogens is 324 g/mol. The molecule has 0 saturated carbocycles. The van der Waals surface area contributed by atoms with E-state index in [1.54, 1.807) is 6.20 Å². The predicted octanol–water partition coefficient (Wildman–Crippen LogP) is 5.46. The summed E-state index contributed by atoms with van der Waals surface area (Å²) in [6.07, 6.45) is 3.61. The molecule has 1 aromatic heterocycles. The van der Waals surface area contributed by atoms with Gasteiger partial charge in [-0.3, -0.25) is 4.98 Å². The Kier molecular flexibility index (Phi) is 5.10. The van der Waals surface area contributed by atoms with E-state index in [2.05, 4.69) is 36.8 Å². The third-order valence-corrected chi connectivity index (χ3v) is 4.33. The quantitative estimate of drug-likeness (QED) is 0.454. The van der Waals surface area contributed by atoms with Crippen LogP contribution >= 0.6 is 0 Å². The van der Waals surface area contributed by atoms with Gasteiger partial charge in [0.1, 0.15) is 11.4 Å². The van der Waals surface area contributed by atoms with Gasteiger partial charge in [-0.1, -0.05) is 42.5 Å². The molecule has 3 rings (SSSR count). The Morgan fingerprint density at radius 2 is 1.52 bits per heavy atom. The maximum absolute atomic E-state index is 6.22. The molecule has 1 heterocycles. The molecule has 0 spiro atoms. The largest absolute Gasteiger partial charge is 0.543 e. The number of aromatic nitrogens is 1. The van der Waals surface area contributed by atoms with Gasteiger partial charge in [-0.2, -0.15) is 0 Å². The van der Waals surface area contributed by atoms with Gasteiger partial charge in [0, 0.05) is 23.5 Å². The number of benzene rings is 2. The summed E-state index contributed by atoms with van der Waals surface area (Å²) in [6.45, 7) is 6.52. The lowest BCUT2D eigenvalue weighted by Gasteiger charge is -2.20. The molecule has 25 heavy (non-hydrogen) atoms. The highest BCUT2D eigenvalue weighted by Gasteiger charge is 2.18. The average molecular weight is 347 g/mol. The van der Waals surface area contributed by atoms with Crippen molar-refractivity contribution in [1.82, 2.24) is 4.98 Å². The first-order valence-corrected chi connectivity index (χ1v) is 11.8. The second-order valence-electron chi connectivity index (χ2n) is 6.75. The Hall–Kier alpha value is -2.72. The molecule has 0 bridgehead atoms. The molecule has 3 aromatic rings. The van der Waals surface area contributed by atoms with E-state index in [0.717, 1.165) is 28.3 Å². The Balaban J connectivity index is 2.12. The van der Waals surface area contributed by atoms with E-state index in [9.17, 15) is 0 Å². The summed E-state index contributed by atoms with van der Waals surface area (Å²) in [7, 11) is -1.72. The molecule has 0 aliphatic rings. The van der Waals surface area contributed by atoms with Gasteiger partial charge in [0.2, 0.25) is 8.32 Å². The minimum atomic E-state index is -1.72. The van der Waals surface area contributed by atoms with Gasteiger partial charge in [-0.15, -0.1) is 0 Å². The standard InChI is InChI=1S/C21H22N2OSi/c1-25(2,3)24-20-14-8-7-13-19(20)23-21(17-10-5-4-6-11-17)18-12-9-15-22-16-18/h4-16H,1-3H3. The van der Waals surface area contributed by atoms with Crippen molar-refractivity contribution in [3.05, 3.63) is 90.3 Å². The van der Waals surface area contributed by atoms with Crippen LogP contribution in [-0.2, 0) is 0 Å². The van der Waals surface area contributed by atoms with Crippen LogP contribution in [0.5, 0.6) is 5.75 Å². The first kappa shape index (κ1) is 17.1. The molecule has 0 radical (unpaired) electrons. The van der Waals surface area contributed by atoms with Gasteiger partial charge in [0.05, 0.1) is 5.71 Å². The fraction of sp³-hybridized carbons (Fsp3) is 0.143. The number of hydrogen-bond donors (Lipinski definition) is 0. The molecule has 0 saturated heterocycles. The highest BCUT2D eigenvalue weighted by Crippen LogP contribution is 2.30. The fourth-order valence-corrected chi connectivity index (χ4v) is 3.31. The summed E-state index contributed by atoms with van der Waals surface area (Å²) < 4.78 is 6.22. The summed E-state index contributed by atoms with van der Waals surface area (Å²) in [6, 6.07) is 22.1. The Morgan fingerprint density at radius 1 is 0.840 bits per heavy atom. The Bertz CT molecular complexity index is 814. The lowest BCUT2D eigenvalue weighted by molar-refractivity contribution is 0.559. The van der Waals surface area contributed by atoms with Crippen molar-refractivity contribution in [2.45, 2.75) is 19.6 Å². The van der Waals surface area contributed by atoms with Gasteiger partial charge in [-0.25, -0.2) is 4.99 Å². The predicted molar refractivity (Wildman–Crippen MR) is 106 cm³/mol. The first-order valence-electron chi connectivity index (χ1n) is 8.35. The van der Waals surface area contributed by atoms with E-state index in [-0.39, 0.29) is 0 Å². The van der Waals surface area contributed by atoms with Crippen LogP contribution < -0.4 is 4.43 Å². The highest BCUT2D eigenvalue weighted by molar-refractivity contribution is 6.70. The molecule has 0 aliphatic carbocycles. The molecule has 0 N–H and O–H groups in total. The second kappa shape index (κ2) is 7.45. The van der Waals surface area contributed by atoms with Crippen LogP contribution in [0, 0.1) is 0 Å². The molecule has 3 nitrogen and oxygen atoms in total. The van der Waals surface area contributed by atoms with Gasteiger partial charge in [-0.05, 0) is 43.9 Å². The summed E-state index contributed by atoms with van der Waals surface area (Å²) in [5.41, 5.74) is 3.77. The summed E-state index contributed by atoms with van der Waals surface area (Å²) in [4.78, 5) is 9.21. The highest BCUT2D eigenvalue weighted by atomic mass is 28.4. The summed E-state index contributed by atoms with van der Waals surface area (Å²) in [5, 5.41) is 0. The number of aliphatic imine (C=N–C) groups is 1. The third-order valence-electron chi connectivity index (χ3n) is 3.50. The van der Waals surface area contributed by atoms with Crippen molar-refractivity contribution < 1.29 is 4.43 Å². The molecule has 4 heteroatoms. The Labute approximate surface area is 150 Å². The van der Waals surface area contributed by atoms with Gasteiger partial charge in [0.15, 0.2) is 0 Å². The Morgan fingerprint density at radius 3 is 2.20 bits per heavy atom. The number of para-hydroxylation sites is 2. The minimum Gasteiger partial charge on any atom is -0.543 e. The van der Waals surface area contributed by atoms with Crippen molar-refractivity contribution in [1.29, 1.82) is 0 Å². The van der Waals surface area contributed by atoms with Crippen molar-refractivity contribution >= 4 is 19.7 Å². The number of nitrogens with zero attached hydrogens (tertiary/aromatic N) is 2. The van der Waals surface area contributed by atoms with Gasteiger partial charge < -0.3 is 4.43 Å². The molecular formula is C21H22N2OSi. The molecule has 0 unspecified atom stereocenters. The van der Waals surface area contributed by atoms with Gasteiger partial charge >= 0.3 is 0 Å². The molecule has 0 fully saturated rings. The lowest BCUT2D eigenvalue weighted by atomic mass is 10.0. The molecule has 0 amide bonds. The zero-order chi connectivity index (χ0) is 17.7. The molecule has 0 atom stereocenters. The zero-order valence-electron chi connectivity index (χ0n) is 14.8. The van der Waals surface area contributed by atoms with Crippen LogP contribution in [0.15, 0.2) is 84.1 Å². The maximum Gasteiger partial charge on any atom is 0.242 e. The van der Waals surface area contributed by atoms with E-state index >= 15 is 0 Å². The number of hydrogen-bond acceptors (Lipinski definition) is 3. The minimum absolute atomic E-state index is 0.832. The van der Waals surface area contributed by atoms with Crippen molar-refractivity contribution in [3.8, 4) is 5.75 Å². The van der Waals surface area contributed by atoms with E-state index in [1.165, 1.54) is 0 Å². The smallest absolute Gasteiger partial charge is 0.242 e. The first-order chi connectivity index (χ1) is 12.0. The molecule has 126 valence electrons. The van der Waals surface area contributed by atoms with E-state index in [4.69, 9.17) is 9.42 Å². The van der Waals surface area contributed by atoms with Crippen LogP contribution in [0.2, 0.25) is 19.6 Å². The second-order valence-corrected chi connectivity index (χ2v) is 11.2. The van der Waals surface area contributed by atoms with Crippen LogP contribution in [0.4, 0.5) is 5.69 Å². The topological polar surface area (TPSA) is 34.5 Å². The van der Waals surface area contributed by atoms with Crippen molar-refractivity contribution in [2.24, 2.45) is 4.99 Å². The van der Waals surface area contributed by atoms with Crippen LogP contribution in [0.25, 0.3) is 0 Å². The monoisotopic (exact) mass is 346 g/mol. The van der Waals surface area contributed by atoms with Crippen LogP contribution in [-0.4, -0.2) is 19.0 Å².